The van der Waals surface area contributed by atoms with Crippen molar-refractivity contribution in [3.05, 3.63) is 59.3 Å². The molecular weight excluding hydrogens is 368 g/mol. The van der Waals surface area contributed by atoms with Crippen LogP contribution in [-0.4, -0.2) is 38.4 Å². The molecule has 6 heteroatoms. The number of carbonyl (C=O) groups is 1. The van der Waals surface area contributed by atoms with Gasteiger partial charge in [0, 0.05) is 30.8 Å². The van der Waals surface area contributed by atoms with Crippen molar-refractivity contribution in [2.75, 3.05) is 27.9 Å². The van der Waals surface area contributed by atoms with Crippen LogP contribution >= 0.6 is 0 Å². The van der Waals surface area contributed by atoms with Crippen LogP contribution in [0.5, 0.6) is 11.5 Å². The van der Waals surface area contributed by atoms with Crippen molar-refractivity contribution in [3.63, 3.8) is 0 Å². The first-order valence-electron chi connectivity index (χ1n) is 9.78. The molecule has 0 aliphatic heterocycles. The summed E-state index contributed by atoms with van der Waals surface area (Å²) >= 11 is 0. The molecule has 1 aliphatic carbocycles. The minimum atomic E-state index is -0.0648. The van der Waals surface area contributed by atoms with Gasteiger partial charge in [-0.2, -0.15) is 0 Å². The van der Waals surface area contributed by atoms with Crippen molar-refractivity contribution in [2.24, 2.45) is 0 Å². The lowest BCUT2D eigenvalue weighted by atomic mass is 10.1. The Morgan fingerprint density at radius 2 is 1.90 bits per heavy atom. The Balaban J connectivity index is 1.62. The summed E-state index contributed by atoms with van der Waals surface area (Å²) in [5.74, 6) is 1.34. The number of hydrogen-bond acceptors (Lipinski definition) is 4. The number of amides is 1. The summed E-state index contributed by atoms with van der Waals surface area (Å²) in [5.41, 5.74) is 4.01. The number of carbonyl (C=O) groups excluding carboxylic acids is 1. The van der Waals surface area contributed by atoms with Gasteiger partial charge < -0.3 is 24.1 Å². The van der Waals surface area contributed by atoms with Gasteiger partial charge in [-0.05, 0) is 42.2 Å². The second-order valence-corrected chi connectivity index (χ2v) is 7.22. The summed E-state index contributed by atoms with van der Waals surface area (Å²) in [7, 11) is 4.94. The highest BCUT2D eigenvalue weighted by Gasteiger charge is 2.27. The van der Waals surface area contributed by atoms with Crippen molar-refractivity contribution < 1.29 is 19.0 Å². The molecule has 29 heavy (non-hydrogen) atoms. The summed E-state index contributed by atoms with van der Waals surface area (Å²) in [6.45, 7) is 1.30. The molecule has 0 saturated heterocycles. The summed E-state index contributed by atoms with van der Waals surface area (Å²) in [5, 5.41) is 4.17. The molecule has 3 aromatic rings. The number of ether oxygens (including phenoxy) is 3. The molecule has 0 fully saturated rings. The smallest absolute Gasteiger partial charge is 0.253 e. The molecule has 1 amide bonds. The van der Waals surface area contributed by atoms with Gasteiger partial charge in [0.1, 0.15) is 0 Å². The maximum absolute atomic E-state index is 13.2. The largest absolute Gasteiger partial charge is 0.493 e. The van der Waals surface area contributed by atoms with E-state index in [1.54, 1.807) is 21.3 Å². The molecule has 4 rings (SSSR count). The zero-order valence-corrected chi connectivity index (χ0v) is 17.0. The number of fused-ring (bicyclic) bond motifs is 2. The summed E-state index contributed by atoms with van der Waals surface area (Å²) in [4.78, 5) is 13.2. The lowest BCUT2D eigenvalue weighted by Crippen LogP contribution is -2.27. The Labute approximate surface area is 170 Å². The van der Waals surface area contributed by atoms with Gasteiger partial charge in [-0.15, -0.1) is 0 Å². The quantitative estimate of drug-likeness (QED) is 0.663. The van der Waals surface area contributed by atoms with Crippen molar-refractivity contribution >= 4 is 16.8 Å². The monoisotopic (exact) mass is 394 g/mol. The van der Waals surface area contributed by atoms with E-state index >= 15 is 0 Å². The molecule has 1 N–H and O–H groups in total. The fraction of sp³-hybridized carbons (Fsp3) is 0.348. The van der Waals surface area contributed by atoms with Gasteiger partial charge >= 0.3 is 0 Å². The van der Waals surface area contributed by atoms with E-state index in [9.17, 15) is 4.79 Å². The maximum Gasteiger partial charge on any atom is 0.253 e. The van der Waals surface area contributed by atoms with Gasteiger partial charge in [-0.1, -0.05) is 18.2 Å². The highest BCUT2D eigenvalue weighted by atomic mass is 16.5. The van der Waals surface area contributed by atoms with E-state index in [0.29, 0.717) is 24.5 Å². The normalized spacial score (nSPS) is 15.3. The Hall–Kier alpha value is -2.99. The Morgan fingerprint density at radius 1 is 1.14 bits per heavy atom. The van der Waals surface area contributed by atoms with Crippen LogP contribution in [0.2, 0.25) is 0 Å². The van der Waals surface area contributed by atoms with Crippen LogP contribution in [0, 0.1) is 0 Å². The van der Waals surface area contributed by atoms with Gasteiger partial charge in [-0.3, -0.25) is 4.79 Å². The van der Waals surface area contributed by atoms with Gasteiger partial charge in [0.05, 0.1) is 32.4 Å². The minimum Gasteiger partial charge on any atom is -0.493 e. The third-order valence-electron chi connectivity index (χ3n) is 5.60. The van der Waals surface area contributed by atoms with E-state index in [4.69, 9.17) is 14.2 Å². The predicted molar refractivity (Wildman–Crippen MR) is 112 cm³/mol. The fourth-order valence-corrected chi connectivity index (χ4v) is 4.12. The van der Waals surface area contributed by atoms with Crippen molar-refractivity contribution in [3.8, 4) is 11.5 Å². The topological polar surface area (TPSA) is 61.7 Å². The first-order valence-corrected chi connectivity index (χ1v) is 9.78. The third-order valence-corrected chi connectivity index (χ3v) is 5.60. The Kier molecular flexibility index (Phi) is 5.45. The Morgan fingerprint density at radius 3 is 2.66 bits per heavy atom. The second kappa shape index (κ2) is 8.17. The molecule has 1 aliphatic rings. The number of hydrogen-bond donors (Lipinski definition) is 1. The zero-order chi connectivity index (χ0) is 20.4. The fourth-order valence-electron chi connectivity index (χ4n) is 4.12. The first kappa shape index (κ1) is 19.3. The third kappa shape index (κ3) is 3.56. The Bertz CT molecular complexity index is 1040. The van der Waals surface area contributed by atoms with E-state index in [1.165, 1.54) is 5.56 Å². The average Bonchev–Trinajstić information content (AvgIpc) is 3.32. The van der Waals surface area contributed by atoms with Crippen molar-refractivity contribution in [1.29, 1.82) is 0 Å². The molecule has 1 heterocycles. The highest BCUT2D eigenvalue weighted by molar-refractivity contribution is 6.07. The SMILES string of the molecule is COCCn1cc(C(=O)N[C@H]2CCc3cc(OC)c(OC)cc32)c2ccccc21. The summed E-state index contributed by atoms with van der Waals surface area (Å²) < 4.78 is 18.1. The van der Waals surface area contributed by atoms with Crippen LogP contribution in [0.15, 0.2) is 42.6 Å². The van der Waals surface area contributed by atoms with Crippen LogP contribution in [0.25, 0.3) is 10.9 Å². The van der Waals surface area contributed by atoms with E-state index in [2.05, 4.69) is 9.88 Å². The van der Waals surface area contributed by atoms with Gasteiger partial charge in [0.15, 0.2) is 11.5 Å². The number of benzene rings is 2. The van der Waals surface area contributed by atoms with E-state index in [-0.39, 0.29) is 11.9 Å². The number of para-hydroxylation sites is 1. The van der Waals surface area contributed by atoms with Crippen molar-refractivity contribution in [1.82, 2.24) is 9.88 Å². The number of nitrogens with zero attached hydrogens (tertiary/aromatic N) is 1. The lowest BCUT2D eigenvalue weighted by Gasteiger charge is -2.16. The van der Waals surface area contributed by atoms with E-state index in [0.717, 1.165) is 35.1 Å². The highest BCUT2D eigenvalue weighted by Crippen LogP contribution is 2.39. The summed E-state index contributed by atoms with van der Waals surface area (Å²) in [6.07, 6.45) is 3.68. The first-order chi connectivity index (χ1) is 14.2. The van der Waals surface area contributed by atoms with Gasteiger partial charge in [0.25, 0.3) is 5.91 Å². The second-order valence-electron chi connectivity index (χ2n) is 7.22. The zero-order valence-electron chi connectivity index (χ0n) is 17.0. The lowest BCUT2D eigenvalue weighted by molar-refractivity contribution is 0.0938. The molecule has 0 spiro atoms. The number of aryl methyl sites for hydroxylation is 1. The molecular formula is C23H26N2O4. The van der Waals surface area contributed by atoms with Gasteiger partial charge in [0.2, 0.25) is 0 Å². The predicted octanol–water partition coefficient (Wildman–Crippen LogP) is 3.72. The average molecular weight is 394 g/mol. The molecule has 0 saturated carbocycles. The summed E-state index contributed by atoms with van der Waals surface area (Å²) in [6, 6.07) is 11.9. The number of methoxy groups -OCH3 is 3. The molecule has 0 radical (unpaired) electrons. The minimum absolute atomic E-state index is 0.0432. The molecule has 1 aromatic heterocycles. The molecule has 2 aromatic carbocycles. The van der Waals surface area contributed by atoms with Gasteiger partial charge in [-0.25, -0.2) is 0 Å². The maximum atomic E-state index is 13.2. The van der Waals surface area contributed by atoms with Crippen LogP contribution in [-0.2, 0) is 17.7 Å². The molecule has 152 valence electrons. The standard InChI is InChI=1S/C23H26N2O4/c1-27-11-10-25-14-18(16-6-4-5-7-20(16)25)23(26)24-19-9-8-15-12-21(28-2)22(29-3)13-17(15)19/h4-7,12-14,19H,8-11H2,1-3H3,(H,24,26)/t19-/m0/s1. The van der Waals surface area contributed by atoms with Crippen LogP contribution in [0.3, 0.4) is 0 Å². The molecule has 0 unspecified atom stereocenters. The number of rotatable bonds is 7. The van der Waals surface area contributed by atoms with Crippen LogP contribution < -0.4 is 14.8 Å². The van der Waals surface area contributed by atoms with Crippen LogP contribution in [0.4, 0.5) is 0 Å². The van der Waals surface area contributed by atoms with Crippen LogP contribution in [0.1, 0.15) is 33.9 Å². The molecule has 1 atom stereocenters. The van der Waals surface area contributed by atoms with Crippen molar-refractivity contribution in [2.45, 2.75) is 25.4 Å². The molecule has 6 nitrogen and oxygen atoms in total. The van der Waals surface area contributed by atoms with E-state index in [1.807, 2.05) is 42.6 Å². The van der Waals surface area contributed by atoms with E-state index < -0.39 is 0 Å². The number of nitrogens with one attached hydrogen (secondary N) is 1. The number of aromatic nitrogens is 1. The molecule has 0 bridgehead atoms.